The molecule has 3 aromatic heterocycles. The van der Waals surface area contributed by atoms with Crippen molar-refractivity contribution in [1.82, 2.24) is 14.4 Å². The first-order valence-electron chi connectivity index (χ1n) is 9.71. The Balaban J connectivity index is 2.15. The minimum absolute atomic E-state index is 0.00227. The van der Waals surface area contributed by atoms with Crippen molar-refractivity contribution in [2.45, 2.75) is 30.8 Å². The van der Waals surface area contributed by atoms with E-state index in [9.17, 15) is 35.2 Å². The Morgan fingerprint density at radius 2 is 1.85 bits per heavy atom. The van der Waals surface area contributed by atoms with E-state index in [2.05, 4.69) is 9.97 Å². The van der Waals surface area contributed by atoms with Crippen molar-refractivity contribution in [3.8, 4) is 17.3 Å². The molecule has 0 N–H and O–H groups in total. The lowest BCUT2D eigenvalue weighted by atomic mass is 10.3. The Labute approximate surface area is 190 Å². The highest BCUT2D eigenvalue weighted by Gasteiger charge is 2.58. The molecule has 34 heavy (non-hydrogen) atoms. The lowest BCUT2D eigenvalue weighted by Gasteiger charge is -2.20. The third kappa shape index (κ3) is 4.67. The van der Waals surface area contributed by atoms with Gasteiger partial charge in [-0.25, -0.2) is 18.4 Å². The molecule has 0 aliphatic heterocycles. The summed E-state index contributed by atoms with van der Waals surface area (Å²) >= 11 is 0. The maximum Gasteiger partial charge on any atom is 0.456 e. The van der Waals surface area contributed by atoms with Gasteiger partial charge in [0.1, 0.15) is 22.8 Å². The third-order valence-electron chi connectivity index (χ3n) is 4.94. The smallest absolute Gasteiger partial charge is 0.456 e. The first-order chi connectivity index (χ1) is 15.7. The Bertz CT molecular complexity index is 1340. The molecular formula is C20H19F5N4O4S. The van der Waals surface area contributed by atoms with E-state index < -0.39 is 28.5 Å². The van der Waals surface area contributed by atoms with Crippen molar-refractivity contribution in [2.75, 3.05) is 24.3 Å². The molecule has 8 nitrogen and oxygen atoms in total. The van der Waals surface area contributed by atoms with Gasteiger partial charge in [-0.1, -0.05) is 6.92 Å². The summed E-state index contributed by atoms with van der Waals surface area (Å²) in [6.45, 7) is 0.748. The van der Waals surface area contributed by atoms with Crippen LogP contribution in [0.3, 0.4) is 0 Å². The standard InChI is InChI=1S/C20H19F5N4O4S/c1-4-34(31,32)15-7-8-16(28(3)12(2)30)27-17(15)18-26-10-13-14(6-5-9-29(13)18)33-11-19(21,22)20(23,24)25/h5-10H,4,11H2,1-3H3. The summed E-state index contributed by atoms with van der Waals surface area (Å²) in [5.41, 5.74) is -0.132. The normalized spacial score (nSPS) is 12.7. The first kappa shape index (κ1) is 25.3. The number of carbonyl (C=O) groups is 1. The van der Waals surface area contributed by atoms with E-state index in [1.54, 1.807) is 0 Å². The van der Waals surface area contributed by atoms with Gasteiger partial charge in [0, 0.05) is 20.2 Å². The predicted octanol–water partition coefficient (Wildman–Crippen LogP) is 3.75. The molecule has 3 rings (SSSR count). The summed E-state index contributed by atoms with van der Waals surface area (Å²) < 4.78 is 95.4. The summed E-state index contributed by atoms with van der Waals surface area (Å²) in [5.74, 6) is -5.99. The largest absolute Gasteiger partial charge is 0.485 e. The molecule has 0 aromatic carbocycles. The molecule has 0 spiro atoms. The van der Waals surface area contributed by atoms with Gasteiger partial charge in [0.15, 0.2) is 22.3 Å². The number of sulfone groups is 1. The number of imidazole rings is 1. The van der Waals surface area contributed by atoms with Crippen molar-refractivity contribution in [3.05, 3.63) is 36.7 Å². The Morgan fingerprint density at radius 1 is 1.18 bits per heavy atom. The third-order valence-corrected chi connectivity index (χ3v) is 6.70. The van der Waals surface area contributed by atoms with E-state index in [1.807, 2.05) is 0 Å². The van der Waals surface area contributed by atoms with Gasteiger partial charge in [-0.05, 0) is 24.3 Å². The molecule has 14 heteroatoms. The lowest BCUT2D eigenvalue weighted by Crippen LogP contribution is -2.41. The number of carbonyl (C=O) groups excluding carboxylic acids is 1. The lowest BCUT2D eigenvalue weighted by molar-refractivity contribution is -0.289. The van der Waals surface area contributed by atoms with Crippen LogP contribution in [0.1, 0.15) is 13.8 Å². The number of aromatic nitrogens is 3. The van der Waals surface area contributed by atoms with Gasteiger partial charge in [-0.15, -0.1) is 0 Å². The highest BCUT2D eigenvalue weighted by atomic mass is 32.2. The molecule has 0 aliphatic rings. The zero-order valence-electron chi connectivity index (χ0n) is 18.1. The van der Waals surface area contributed by atoms with Crippen LogP contribution in [0.2, 0.25) is 0 Å². The average molecular weight is 506 g/mol. The van der Waals surface area contributed by atoms with Crippen LogP contribution < -0.4 is 9.64 Å². The van der Waals surface area contributed by atoms with E-state index in [-0.39, 0.29) is 45.2 Å². The number of ether oxygens (including phenoxy) is 1. The van der Waals surface area contributed by atoms with Crippen LogP contribution in [0.25, 0.3) is 17.0 Å². The summed E-state index contributed by atoms with van der Waals surface area (Å²) in [6, 6.07) is 5.08. The number of alkyl halides is 5. The number of halogens is 5. The van der Waals surface area contributed by atoms with Gasteiger partial charge in [-0.3, -0.25) is 9.20 Å². The SMILES string of the molecule is CCS(=O)(=O)c1ccc(N(C)C(C)=O)nc1-c1ncc2c(OCC(F)(F)C(F)(F)F)cccn12. The number of rotatable bonds is 7. The maximum absolute atomic E-state index is 13.3. The van der Waals surface area contributed by atoms with Gasteiger partial charge in [0.05, 0.1) is 16.8 Å². The fraction of sp³-hybridized carbons (Fsp3) is 0.350. The summed E-state index contributed by atoms with van der Waals surface area (Å²) in [4.78, 5) is 21.1. The molecule has 0 aliphatic carbocycles. The second-order valence-electron chi connectivity index (χ2n) is 7.20. The fourth-order valence-electron chi connectivity index (χ4n) is 2.89. The zero-order chi connectivity index (χ0) is 25.5. The number of hydrogen-bond acceptors (Lipinski definition) is 6. The van der Waals surface area contributed by atoms with Crippen LogP contribution in [0.4, 0.5) is 27.8 Å². The van der Waals surface area contributed by atoms with Crippen LogP contribution in [0, 0.1) is 0 Å². The number of fused-ring (bicyclic) bond motifs is 1. The minimum atomic E-state index is -5.79. The van der Waals surface area contributed by atoms with Gasteiger partial charge in [0.25, 0.3) is 0 Å². The molecule has 0 radical (unpaired) electrons. The number of anilines is 1. The number of pyridine rings is 2. The molecule has 0 atom stereocenters. The maximum atomic E-state index is 13.3. The highest BCUT2D eigenvalue weighted by Crippen LogP contribution is 2.37. The highest BCUT2D eigenvalue weighted by molar-refractivity contribution is 7.91. The van der Waals surface area contributed by atoms with Crippen molar-refractivity contribution in [1.29, 1.82) is 0 Å². The minimum Gasteiger partial charge on any atom is -0.485 e. The van der Waals surface area contributed by atoms with Crippen LogP contribution >= 0.6 is 0 Å². The zero-order valence-corrected chi connectivity index (χ0v) is 18.9. The number of nitrogens with zero attached hydrogens (tertiary/aromatic N) is 4. The van der Waals surface area contributed by atoms with Crippen LogP contribution in [-0.2, 0) is 14.6 Å². The molecule has 1 amide bonds. The van der Waals surface area contributed by atoms with Crippen molar-refractivity contribution in [3.63, 3.8) is 0 Å². The fourth-order valence-corrected chi connectivity index (χ4v) is 3.91. The number of hydrogen-bond donors (Lipinski definition) is 0. The van der Waals surface area contributed by atoms with E-state index >= 15 is 0 Å². The Hall–Kier alpha value is -3.29. The van der Waals surface area contributed by atoms with Gasteiger partial charge >= 0.3 is 12.1 Å². The monoisotopic (exact) mass is 506 g/mol. The van der Waals surface area contributed by atoms with Crippen LogP contribution in [-0.4, -0.2) is 60.2 Å². The molecular weight excluding hydrogens is 487 g/mol. The van der Waals surface area contributed by atoms with E-state index in [1.165, 1.54) is 60.7 Å². The summed E-state index contributed by atoms with van der Waals surface area (Å²) in [7, 11) is -2.39. The van der Waals surface area contributed by atoms with Gasteiger partial charge < -0.3 is 9.64 Å². The van der Waals surface area contributed by atoms with E-state index in [0.29, 0.717) is 0 Å². The second-order valence-corrected chi connectivity index (χ2v) is 9.44. The van der Waals surface area contributed by atoms with Crippen LogP contribution in [0.5, 0.6) is 5.75 Å². The van der Waals surface area contributed by atoms with E-state index in [0.717, 1.165) is 6.20 Å². The first-order valence-corrected chi connectivity index (χ1v) is 11.4. The molecule has 3 aromatic rings. The topological polar surface area (TPSA) is 93.9 Å². The van der Waals surface area contributed by atoms with Gasteiger partial charge in [-0.2, -0.15) is 22.0 Å². The van der Waals surface area contributed by atoms with Gasteiger partial charge in [0.2, 0.25) is 5.91 Å². The summed E-state index contributed by atoms with van der Waals surface area (Å²) in [6.07, 6.45) is -3.28. The van der Waals surface area contributed by atoms with Crippen LogP contribution in [0.15, 0.2) is 41.6 Å². The Kier molecular flexibility index (Phi) is 6.57. The van der Waals surface area contributed by atoms with Crippen molar-refractivity contribution >= 4 is 27.1 Å². The molecule has 0 fully saturated rings. The molecule has 3 heterocycles. The summed E-state index contributed by atoms with van der Waals surface area (Å²) in [5, 5.41) is 0. The molecule has 0 saturated carbocycles. The Morgan fingerprint density at radius 3 is 2.44 bits per heavy atom. The number of amides is 1. The molecule has 184 valence electrons. The molecule has 0 unspecified atom stereocenters. The average Bonchev–Trinajstić information content (AvgIpc) is 3.20. The van der Waals surface area contributed by atoms with E-state index in [4.69, 9.17) is 4.74 Å². The quantitative estimate of drug-likeness (QED) is 0.453. The predicted molar refractivity (Wildman–Crippen MR) is 112 cm³/mol. The second kappa shape index (κ2) is 8.81. The molecule has 0 saturated heterocycles. The van der Waals surface area contributed by atoms with Crippen molar-refractivity contribution in [2.24, 2.45) is 0 Å². The molecule has 0 bridgehead atoms. The van der Waals surface area contributed by atoms with Crippen molar-refractivity contribution < 1.29 is 39.9 Å².